The zero-order valence-corrected chi connectivity index (χ0v) is 15.0. The first-order chi connectivity index (χ1) is 12.7. The van der Waals surface area contributed by atoms with Crippen LogP contribution in [-0.4, -0.2) is 28.3 Å². The van der Waals surface area contributed by atoms with Crippen LogP contribution in [0.1, 0.15) is 49.0 Å². The number of aryl methyl sites for hydroxylation is 1. The molecule has 1 amide bonds. The number of fused-ring (bicyclic) bond motifs is 1. The zero-order chi connectivity index (χ0) is 18.1. The Balaban J connectivity index is 1.48. The molecule has 1 saturated heterocycles. The van der Waals surface area contributed by atoms with Gasteiger partial charge in [0.2, 0.25) is 5.91 Å². The largest absolute Gasteiger partial charge is 0.311 e. The van der Waals surface area contributed by atoms with Crippen molar-refractivity contribution in [2.24, 2.45) is 0 Å². The fourth-order valence-corrected chi connectivity index (χ4v) is 4.11. The topological polar surface area (TPSA) is 74.0 Å². The van der Waals surface area contributed by atoms with E-state index >= 15 is 0 Å². The number of nitrogens with zero attached hydrogens (tertiary/aromatic N) is 4. The maximum absolute atomic E-state index is 12.9. The van der Waals surface area contributed by atoms with Crippen molar-refractivity contribution in [2.45, 2.75) is 51.2 Å². The standard InChI is InChI=1S/C20H23N5O/c1-2-25-19-5-3-4-17(16(19)13-22-25)23-18-10-11-24(20(18)26)15-8-6-14(12-21)7-9-15/h6-9,13,17-18,23H,2-5,10-11H2,1H3/t17-,18+/m1/s1. The second-order valence-electron chi connectivity index (χ2n) is 6.96. The molecule has 0 radical (unpaired) electrons. The number of hydrogen-bond donors (Lipinski definition) is 1. The molecule has 1 aromatic carbocycles. The van der Waals surface area contributed by atoms with Gasteiger partial charge in [0, 0.05) is 36.1 Å². The maximum Gasteiger partial charge on any atom is 0.244 e. The predicted molar refractivity (Wildman–Crippen MR) is 98.6 cm³/mol. The summed E-state index contributed by atoms with van der Waals surface area (Å²) in [6, 6.07) is 9.37. The van der Waals surface area contributed by atoms with E-state index in [1.165, 1.54) is 11.3 Å². The molecule has 1 N–H and O–H groups in total. The number of nitriles is 1. The Bertz CT molecular complexity index is 848. The highest BCUT2D eigenvalue weighted by Crippen LogP contribution is 2.31. The van der Waals surface area contributed by atoms with Crippen molar-refractivity contribution < 1.29 is 4.79 Å². The minimum absolute atomic E-state index is 0.115. The fraction of sp³-hybridized carbons (Fsp3) is 0.450. The Morgan fingerprint density at radius 3 is 2.81 bits per heavy atom. The summed E-state index contributed by atoms with van der Waals surface area (Å²) in [5, 5.41) is 17.0. The molecule has 0 saturated carbocycles. The van der Waals surface area contributed by atoms with Crippen LogP contribution in [0.25, 0.3) is 0 Å². The maximum atomic E-state index is 12.9. The van der Waals surface area contributed by atoms with Gasteiger partial charge in [0.15, 0.2) is 0 Å². The molecule has 0 spiro atoms. The minimum atomic E-state index is -0.161. The lowest BCUT2D eigenvalue weighted by Gasteiger charge is -2.27. The van der Waals surface area contributed by atoms with Crippen molar-refractivity contribution in [3.05, 3.63) is 47.3 Å². The molecule has 1 aromatic heterocycles. The van der Waals surface area contributed by atoms with E-state index in [-0.39, 0.29) is 18.0 Å². The lowest BCUT2D eigenvalue weighted by Crippen LogP contribution is -2.41. The molecule has 134 valence electrons. The molecule has 4 rings (SSSR count). The smallest absolute Gasteiger partial charge is 0.244 e. The average Bonchev–Trinajstić information content (AvgIpc) is 3.26. The van der Waals surface area contributed by atoms with Crippen LogP contribution in [0, 0.1) is 11.3 Å². The van der Waals surface area contributed by atoms with Gasteiger partial charge in [0.25, 0.3) is 0 Å². The lowest BCUT2D eigenvalue weighted by atomic mass is 9.92. The van der Waals surface area contributed by atoms with Crippen molar-refractivity contribution in [1.82, 2.24) is 15.1 Å². The predicted octanol–water partition coefficient (Wildman–Crippen LogP) is 2.55. The van der Waals surface area contributed by atoms with Crippen LogP contribution in [0.15, 0.2) is 30.5 Å². The van der Waals surface area contributed by atoms with Crippen LogP contribution in [0.3, 0.4) is 0 Å². The second kappa shape index (κ2) is 6.93. The first-order valence-electron chi connectivity index (χ1n) is 9.33. The van der Waals surface area contributed by atoms with Gasteiger partial charge in [-0.1, -0.05) is 0 Å². The number of anilines is 1. The van der Waals surface area contributed by atoms with Crippen molar-refractivity contribution in [1.29, 1.82) is 5.26 Å². The van der Waals surface area contributed by atoms with Crippen molar-refractivity contribution in [3.63, 3.8) is 0 Å². The molecule has 1 aliphatic carbocycles. The third-order valence-corrected chi connectivity index (χ3v) is 5.48. The van der Waals surface area contributed by atoms with E-state index in [0.717, 1.165) is 37.9 Å². The van der Waals surface area contributed by atoms with Crippen LogP contribution in [0.2, 0.25) is 0 Å². The van der Waals surface area contributed by atoms with E-state index < -0.39 is 0 Å². The van der Waals surface area contributed by atoms with Gasteiger partial charge in [0.1, 0.15) is 0 Å². The van der Waals surface area contributed by atoms with Gasteiger partial charge in [-0.25, -0.2) is 0 Å². The van der Waals surface area contributed by atoms with E-state index in [1.807, 2.05) is 23.2 Å². The summed E-state index contributed by atoms with van der Waals surface area (Å²) in [4.78, 5) is 14.7. The van der Waals surface area contributed by atoms with Crippen molar-refractivity contribution in [2.75, 3.05) is 11.4 Å². The Morgan fingerprint density at radius 2 is 2.08 bits per heavy atom. The third kappa shape index (κ3) is 2.89. The number of benzene rings is 1. The molecule has 26 heavy (non-hydrogen) atoms. The Labute approximate surface area is 153 Å². The molecule has 6 heteroatoms. The summed E-state index contributed by atoms with van der Waals surface area (Å²) in [5.74, 6) is 0.115. The van der Waals surface area contributed by atoms with Gasteiger partial charge < -0.3 is 4.90 Å². The van der Waals surface area contributed by atoms with Gasteiger partial charge in [-0.3, -0.25) is 14.8 Å². The molecule has 2 heterocycles. The number of rotatable bonds is 4. The van der Waals surface area contributed by atoms with Crippen molar-refractivity contribution >= 4 is 11.6 Å². The molecule has 0 bridgehead atoms. The van der Waals surface area contributed by atoms with E-state index in [1.54, 1.807) is 12.1 Å². The molecule has 6 nitrogen and oxygen atoms in total. The summed E-state index contributed by atoms with van der Waals surface area (Å²) in [5.41, 5.74) is 4.03. The summed E-state index contributed by atoms with van der Waals surface area (Å²) in [6.07, 6.45) is 6.00. The van der Waals surface area contributed by atoms with Crippen LogP contribution in [-0.2, 0) is 17.8 Å². The Kier molecular flexibility index (Phi) is 4.48. The third-order valence-electron chi connectivity index (χ3n) is 5.48. The normalized spacial score (nSPS) is 22.3. The van der Waals surface area contributed by atoms with Gasteiger partial charge in [-0.15, -0.1) is 0 Å². The van der Waals surface area contributed by atoms with Crippen molar-refractivity contribution in [3.8, 4) is 6.07 Å². The highest BCUT2D eigenvalue weighted by molar-refractivity contribution is 5.99. The number of carbonyl (C=O) groups excluding carboxylic acids is 1. The summed E-state index contributed by atoms with van der Waals surface area (Å²) >= 11 is 0. The number of carbonyl (C=O) groups is 1. The second-order valence-corrected chi connectivity index (χ2v) is 6.96. The number of hydrogen-bond acceptors (Lipinski definition) is 4. The average molecular weight is 349 g/mol. The van der Waals surface area contributed by atoms with Crippen LogP contribution < -0.4 is 10.2 Å². The highest BCUT2D eigenvalue weighted by atomic mass is 16.2. The van der Waals surface area contributed by atoms with Gasteiger partial charge in [-0.2, -0.15) is 10.4 Å². The summed E-state index contributed by atoms with van der Waals surface area (Å²) < 4.78 is 2.07. The Hall–Kier alpha value is -2.65. The molecular weight excluding hydrogens is 326 g/mol. The van der Waals surface area contributed by atoms with Gasteiger partial charge in [-0.05, 0) is 56.9 Å². The minimum Gasteiger partial charge on any atom is -0.311 e. The lowest BCUT2D eigenvalue weighted by molar-refractivity contribution is -0.119. The number of nitrogens with one attached hydrogen (secondary N) is 1. The van der Waals surface area contributed by atoms with E-state index in [2.05, 4.69) is 28.1 Å². The summed E-state index contributed by atoms with van der Waals surface area (Å²) in [7, 11) is 0. The molecule has 2 aromatic rings. The quantitative estimate of drug-likeness (QED) is 0.920. The SMILES string of the molecule is CCn1ncc2c1CCC[C@H]2N[C@H]1CCN(c2ccc(C#N)cc2)C1=O. The first kappa shape index (κ1) is 16.8. The van der Waals surface area contributed by atoms with Crippen LogP contribution in [0.5, 0.6) is 0 Å². The molecule has 2 aliphatic rings. The van der Waals surface area contributed by atoms with Crippen LogP contribution >= 0.6 is 0 Å². The van der Waals surface area contributed by atoms with E-state index in [4.69, 9.17) is 5.26 Å². The molecular formula is C20H23N5O. The monoisotopic (exact) mass is 349 g/mol. The molecule has 2 atom stereocenters. The van der Waals surface area contributed by atoms with Crippen LogP contribution in [0.4, 0.5) is 5.69 Å². The molecule has 0 unspecified atom stereocenters. The van der Waals surface area contributed by atoms with E-state index in [9.17, 15) is 4.79 Å². The summed E-state index contributed by atoms with van der Waals surface area (Å²) in [6.45, 7) is 3.70. The molecule has 1 aliphatic heterocycles. The number of amides is 1. The zero-order valence-electron chi connectivity index (χ0n) is 15.0. The van der Waals surface area contributed by atoms with E-state index in [0.29, 0.717) is 12.1 Å². The fourth-order valence-electron chi connectivity index (χ4n) is 4.11. The van der Waals surface area contributed by atoms with Gasteiger partial charge in [0.05, 0.1) is 23.9 Å². The first-order valence-corrected chi connectivity index (χ1v) is 9.33. The number of aromatic nitrogens is 2. The highest BCUT2D eigenvalue weighted by Gasteiger charge is 2.35. The van der Waals surface area contributed by atoms with Gasteiger partial charge >= 0.3 is 0 Å². The Morgan fingerprint density at radius 1 is 1.27 bits per heavy atom. The molecule has 1 fully saturated rings.